The SMILES string of the molecule is CCCCCc1ccc(-c2cc(F)c(CF)c(F)c2)c(F)c1. The predicted molar refractivity (Wildman–Crippen MR) is 79.8 cm³/mol. The standard InChI is InChI=1S/C18H18F4/c1-2-3-4-5-12-6-7-14(16(20)8-12)13-9-17(21)15(11-19)18(22)10-13/h6-10H,2-5,11H2,1H3. The Labute approximate surface area is 127 Å². The van der Waals surface area contributed by atoms with Crippen LogP contribution in [0.25, 0.3) is 11.1 Å². The summed E-state index contributed by atoms with van der Waals surface area (Å²) in [4.78, 5) is 0. The summed E-state index contributed by atoms with van der Waals surface area (Å²) >= 11 is 0. The van der Waals surface area contributed by atoms with Crippen LogP contribution in [-0.4, -0.2) is 0 Å². The second-order valence-corrected chi connectivity index (χ2v) is 5.32. The average Bonchev–Trinajstić information content (AvgIpc) is 2.47. The topological polar surface area (TPSA) is 0 Å². The van der Waals surface area contributed by atoms with Gasteiger partial charge < -0.3 is 0 Å². The first kappa shape index (κ1) is 16.5. The molecule has 0 amide bonds. The van der Waals surface area contributed by atoms with E-state index in [2.05, 4.69) is 6.92 Å². The minimum absolute atomic E-state index is 0.0739. The summed E-state index contributed by atoms with van der Waals surface area (Å²) in [5.74, 6) is -2.52. The fourth-order valence-electron chi connectivity index (χ4n) is 2.41. The molecule has 118 valence electrons. The van der Waals surface area contributed by atoms with Gasteiger partial charge >= 0.3 is 0 Å². The summed E-state index contributed by atoms with van der Waals surface area (Å²) in [6, 6.07) is 6.59. The van der Waals surface area contributed by atoms with Crippen LogP contribution in [0.1, 0.15) is 37.3 Å². The van der Waals surface area contributed by atoms with Crippen molar-refractivity contribution in [2.24, 2.45) is 0 Å². The fraction of sp³-hybridized carbons (Fsp3) is 0.333. The minimum atomic E-state index is -1.23. The van der Waals surface area contributed by atoms with Crippen LogP contribution >= 0.6 is 0 Å². The van der Waals surface area contributed by atoms with Crippen LogP contribution in [0.5, 0.6) is 0 Å². The van der Waals surface area contributed by atoms with Crippen molar-refractivity contribution in [3.05, 3.63) is 58.9 Å². The minimum Gasteiger partial charge on any atom is -0.246 e. The van der Waals surface area contributed by atoms with Crippen molar-refractivity contribution >= 4 is 0 Å². The number of halogens is 4. The van der Waals surface area contributed by atoms with Gasteiger partial charge in [-0.05, 0) is 42.2 Å². The van der Waals surface area contributed by atoms with E-state index in [1.54, 1.807) is 6.07 Å². The fourth-order valence-corrected chi connectivity index (χ4v) is 2.41. The van der Waals surface area contributed by atoms with Gasteiger partial charge in [-0.25, -0.2) is 17.6 Å². The van der Waals surface area contributed by atoms with Crippen molar-refractivity contribution in [1.29, 1.82) is 0 Å². The molecule has 0 aliphatic heterocycles. The monoisotopic (exact) mass is 310 g/mol. The number of hydrogen-bond donors (Lipinski definition) is 0. The summed E-state index contributed by atoms with van der Waals surface area (Å²) in [5.41, 5.74) is 0.420. The molecule has 0 unspecified atom stereocenters. The zero-order chi connectivity index (χ0) is 16.1. The van der Waals surface area contributed by atoms with E-state index in [9.17, 15) is 17.6 Å². The van der Waals surface area contributed by atoms with Crippen LogP contribution in [-0.2, 0) is 13.1 Å². The number of benzene rings is 2. The van der Waals surface area contributed by atoms with Gasteiger partial charge in [-0.3, -0.25) is 0 Å². The van der Waals surface area contributed by atoms with Gasteiger partial charge in [0.15, 0.2) is 0 Å². The maximum absolute atomic E-state index is 14.2. The number of hydrogen-bond acceptors (Lipinski definition) is 0. The van der Waals surface area contributed by atoms with E-state index < -0.39 is 29.7 Å². The highest BCUT2D eigenvalue weighted by Crippen LogP contribution is 2.28. The number of unbranched alkanes of at least 4 members (excludes halogenated alkanes) is 2. The molecule has 0 radical (unpaired) electrons. The van der Waals surface area contributed by atoms with Crippen LogP contribution < -0.4 is 0 Å². The quantitative estimate of drug-likeness (QED) is 0.455. The summed E-state index contributed by atoms with van der Waals surface area (Å²) in [7, 11) is 0. The van der Waals surface area contributed by atoms with Gasteiger partial charge in [0, 0.05) is 5.56 Å². The molecule has 0 nitrogen and oxygen atoms in total. The normalized spacial score (nSPS) is 11.0. The Balaban J connectivity index is 2.29. The summed E-state index contributed by atoms with van der Waals surface area (Å²) in [6.07, 6.45) is 3.91. The van der Waals surface area contributed by atoms with E-state index in [1.807, 2.05) is 0 Å². The van der Waals surface area contributed by atoms with Crippen molar-refractivity contribution in [2.75, 3.05) is 0 Å². The molecule has 22 heavy (non-hydrogen) atoms. The Kier molecular flexibility index (Phi) is 5.58. The van der Waals surface area contributed by atoms with Gasteiger partial charge in [0.1, 0.15) is 24.1 Å². The van der Waals surface area contributed by atoms with E-state index in [0.717, 1.165) is 43.4 Å². The first-order valence-electron chi connectivity index (χ1n) is 7.39. The van der Waals surface area contributed by atoms with Crippen LogP contribution in [0.4, 0.5) is 17.6 Å². The summed E-state index contributed by atoms with van der Waals surface area (Å²) in [5, 5.41) is 0. The van der Waals surface area contributed by atoms with E-state index in [-0.39, 0.29) is 11.1 Å². The van der Waals surface area contributed by atoms with Gasteiger partial charge in [-0.15, -0.1) is 0 Å². The summed E-state index contributed by atoms with van der Waals surface area (Å²) in [6.45, 7) is 0.866. The zero-order valence-electron chi connectivity index (χ0n) is 12.4. The average molecular weight is 310 g/mol. The Morgan fingerprint density at radius 3 is 2.09 bits per heavy atom. The van der Waals surface area contributed by atoms with Crippen LogP contribution in [0.3, 0.4) is 0 Å². The molecule has 0 aliphatic carbocycles. The number of rotatable bonds is 6. The molecule has 0 aliphatic rings. The number of alkyl halides is 1. The van der Waals surface area contributed by atoms with Gasteiger partial charge in [0.2, 0.25) is 0 Å². The maximum Gasteiger partial charge on any atom is 0.132 e. The molecule has 0 bridgehead atoms. The smallest absolute Gasteiger partial charge is 0.132 e. The van der Waals surface area contributed by atoms with Crippen molar-refractivity contribution < 1.29 is 17.6 Å². The van der Waals surface area contributed by atoms with Crippen molar-refractivity contribution in [1.82, 2.24) is 0 Å². The molecule has 0 spiro atoms. The Morgan fingerprint density at radius 1 is 0.864 bits per heavy atom. The third-order valence-corrected chi connectivity index (χ3v) is 3.69. The van der Waals surface area contributed by atoms with Crippen molar-refractivity contribution in [2.45, 2.75) is 39.3 Å². The highest BCUT2D eigenvalue weighted by atomic mass is 19.1. The van der Waals surface area contributed by atoms with Crippen LogP contribution in [0.2, 0.25) is 0 Å². The second-order valence-electron chi connectivity index (χ2n) is 5.32. The molecular weight excluding hydrogens is 292 g/mol. The first-order valence-corrected chi connectivity index (χ1v) is 7.39. The molecule has 0 fully saturated rings. The molecule has 0 saturated carbocycles. The lowest BCUT2D eigenvalue weighted by atomic mass is 9.99. The largest absolute Gasteiger partial charge is 0.246 e. The number of aryl methyl sites for hydroxylation is 1. The molecular formula is C18H18F4. The highest BCUT2D eigenvalue weighted by Gasteiger charge is 2.14. The van der Waals surface area contributed by atoms with Crippen molar-refractivity contribution in [3.8, 4) is 11.1 Å². The molecule has 2 rings (SSSR count). The lowest BCUT2D eigenvalue weighted by Crippen LogP contribution is -1.96. The molecule has 2 aromatic carbocycles. The molecule has 0 saturated heterocycles. The molecule has 0 atom stereocenters. The summed E-state index contributed by atoms with van der Waals surface area (Å²) < 4.78 is 53.9. The Morgan fingerprint density at radius 2 is 1.55 bits per heavy atom. The molecule has 4 heteroatoms. The lowest BCUT2D eigenvalue weighted by Gasteiger charge is -2.09. The predicted octanol–water partition coefficient (Wildman–Crippen LogP) is 5.97. The maximum atomic E-state index is 14.2. The second kappa shape index (κ2) is 7.43. The van der Waals surface area contributed by atoms with E-state index in [1.165, 1.54) is 12.1 Å². The molecule has 2 aromatic rings. The molecule has 0 N–H and O–H groups in total. The Hall–Kier alpha value is -1.84. The van der Waals surface area contributed by atoms with Gasteiger partial charge in [-0.1, -0.05) is 31.9 Å². The highest BCUT2D eigenvalue weighted by molar-refractivity contribution is 5.65. The molecule has 0 aromatic heterocycles. The van der Waals surface area contributed by atoms with E-state index in [0.29, 0.717) is 0 Å². The van der Waals surface area contributed by atoms with Crippen molar-refractivity contribution in [3.63, 3.8) is 0 Å². The third kappa shape index (κ3) is 3.67. The van der Waals surface area contributed by atoms with Gasteiger partial charge in [0.05, 0.1) is 5.56 Å². The van der Waals surface area contributed by atoms with E-state index >= 15 is 0 Å². The Bertz CT molecular complexity index is 627. The van der Waals surface area contributed by atoms with Gasteiger partial charge in [0.25, 0.3) is 0 Å². The third-order valence-electron chi connectivity index (χ3n) is 3.69. The van der Waals surface area contributed by atoms with Crippen LogP contribution in [0.15, 0.2) is 30.3 Å². The lowest BCUT2D eigenvalue weighted by molar-refractivity contribution is 0.440. The van der Waals surface area contributed by atoms with E-state index in [4.69, 9.17) is 0 Å². The van der Waals surface area contributed by atoms with Gasteiger partial charge in [-0.2, -0.15) is 0 Å². The molecule has 0 heterocycles. The van der Waals surface area contributed by atoms with Crippen LogP contribution in [0, 0.1) is 17.5 Å². The first-order chi connectivity index (χ1) is 10.6. The zero-order valence-corrected chi connectivity index (χ0v) is 12.4.